The minimum absolute atomic E-state index is 0.0559. The first-order valence-corrected chi connectivity index (χ1v) is 5.59. The highest BCUT2D eigenvalue weighted by Gasteiger charge is 2.43. The number of alkyl halides is 3. The van der Waals surface area contributed by atoms with E-state index in [2.05, 4.69) is 0 Å². The molecule has 20 heavy (non-hydrogen) atoms. The second-order valence-electron chi connectivity index (χ2n) is 4.16. The number of halogens is 4. The molecule has 3 nitrogen and oxygen atoms in total. The number of amides is 1. The van der Waals surface area contributed by atoms with E-state index in [1.54, 1.807) is 0 Å². The Hall–Kier alpha value is -2.31. The molecule has 0 fully saturated rings. The number of nitrogens with two attached hydrogens (primary N) is 1. The van der Waals surface area contributed by atoms with Gasteiger partial charge >= 0.3 is 6.30 Å². The summed E-state index contributed by atoms with van der Waals surface area (Å²) in [6.07, 6.45) is -1.57. The fourth-order valence-electron chi connectivity index (χ4n) is 2.00. The van der Waals surface area contributed by atoms with Crippen LogP contribution in [0.15, 0.2) is 48.2 Å². The van der Waals surface area contributed by atoms with Crippen LogP contribution in [0.3, 0.4) is 0 Å². The van der Waals surface area contributed by atoms with Gasteiger partial charge in [-0.25, -0.2) is 4.39 Å². The summed E-state index contributed by atoms with van der Waals surface area (Å²) in [6.45, 7) is 0. The fourth-order valence-corrected chi connectivity index (χ4v) is 2.00. The van der Waals surface area contributed by atoms with Gasteiger partial charge in [-0.3, -0.25) is 9.69 Å². The normalized spacial score (nSPS) is 18.9. The molecule has 1 aromatic rings. The summed E-state index contributed by atoms with van der Waals surface area (Å²) >= 11 is 0. The van der Waals surface area contributed by atoms with Crippen molar-refractivity contribution in [3.63, 3.8) is 0 Å². The minimum Gasteiger partial charge on any atom is -0.366 e. The van der Waals surface area contributed by atoms with E-state index in [1.807, 2.05) is 0 Å². The molecular formula is C13H10F4N2O. The summed E-state index contributed by atoms with van der Waals surface area (Å²) in [7, 11) is 0. The van der Waals surface area contributed by atoms with Crippen LogP contribution in [0.4, 0.5) is 17.6 Å². The van der Waals surface area contributed by atoms with Gasteiger partial charge in [-0.15, -0.1) is 0 Å². The maximum atomic E-state index is 13.0. The van der Waals surface area contributed by atoms with E-state index in [-0.39, 0.29) is 16.0 Å². The highest BCUT2D eigenvalue weighted by Crippen LogP contribution is 2.38. The Bertz CT molecular complexity index is 575. The molecule has 0 saturated carbocycles. The molecule has 1 aliphatic heterocycles. The number of allylic oxidation sites excluding steroid dienone is 2. The van der Waals surface area contributed by atoms with Gasteiger partial charge in [0.1, 0.15) is 5.82 Å². The Kier molecular flexibility index (Phi) is 3.52. The Morgan fingerprint density at radius 1 is 1.20 bits per heavy atom. The van der Waals surface area contributed by atoms with Gasteiger partial charge in [0.05, 0.1) is 6.04 Å². The average molecular weight is 286 g/mol. The van der Waals surface area contributed by atoms with Crippen LogP contribution in [0, 0.1) is 5.82 Å². The quantitative estimate of drug-likeness (QED) is 0.671. The van der Waals surface area contributed by atoms with Gasteiger partial charge in [-0.05, 0) is 29.8 Å². The van der Waals surface area contributed by atoms with Crippen LogP contribution < -0.4 is 5.73 Å². The molecule has 0 aliphatic carbocycles. The molecule has 2 rings (SSSR count). The third-order valence-corrected chi connectivity index (χ3v) is 2.86. The summed E-state index contributed by atoms with van der Waals surface area (Å²) in [6, 6.07) is 3.02. The topological polar surface area (TPSA) is 46.3 Å². The van der Waals surface area contributed by atoms with E-state index in [0.29, 0.717) is 0 Å². The molecule has 1 amide bonds. The van der Waals surface area contributed by atoms with Crippen molar-refractivity contribution in [3.05, 3.63) is 59.6 Å². The molecule has 1 heterocycles. The number of nitrogens with zero attached hydrogens (tertiary/aromatic N) is 1. The van der Waals surface area contributed by atoms with E-state index < -0.39 is 24.1 Å². The molecule has 1 aromatic carbocycles. The lowest BCUT2D eigenvalue weighted by Crippen LogP contribution is -2.41. The molecule has 7 heteroatoms. The number of rotatable bonds is 2. The van der Waals surface area contributed by atoms with Crippen molar-refractivity contribution in [2.75, 3.05) is 0 Å². The Morgan fingerprint density at radius 3 is 2.30 bits per heavy atom. The molecule has 0 spiro atoms. The van der Waals surface area contributed by atoms with E-state index >= 15 is 0 Å². The second kappa shape index (κ2) is 4.99. The van der Waals surface area contributed by atoms with Gasteiger partial charge in [0.25, 0.3) is 0 Å². The first-order chi connectivity index (χ1) is 9.30. The number of benzene rings is 1. The van der Waals surface area contributed by atoms with E-state index in [9.17, 15) is 22.4 Å². The van der Waals surface area contributed by atoms with Crippen LogP contribution in [0.5, 0.6) is 0 Å². The lowest BCUT2D eigenvalue weighted by molar-refractivity contribution is -0.237. The number of hydrogen-bond acceptors (Lipinski definition) is 2. The molecule has 106 valence electrons. The Morgan fingerprint density at radius 2 is 1.80 bits per heavy atom. The summed E-state index contributed by atoms with van der Waals surface area (Å²) in [5, 5.41) is 0. The minimum atomic E-state index is -4.69. The highest BCUT2D eigenvalue weighted by molar-refractivity contribution is 5.94. The average Bonchev–Trinajstić information content (AvgIpc) is 2.37. The SMILES string of the molecule is NC(=O)C1=CC=CN(C(F)(F)F)C1c1ccc(F)cc1. The predicted molar refractivity (Wildman–Crippen MR) is 63.5 cm³/mol. The van der Waals surface area contributed by atoms with Crippen LogP contribution in [-0.4, -0.2) is 17.1 Å². The number of carbonyl (C=O) groups is 1. The Balaban J connectivity index is 2.51. The summed E-state index contributed by atoms with van der Waals surface area (Å²) < 4.78 is 51.9. The molecular weight excluding hydrogens is 276 g/mol. The van der Waals surface area contributed by atoms with Crippen molar-refractivity contribution < 1.29 is 22.4 Å². The summed E-state index contributed by atoms with van der Waals surface area (Å²) in [5.74, 6) is -1.54. The van der Waals surface area contributed by atoms with Crippen LogP contribution in [-0.2, 0) is 4.79 Å². The second-order valence-corrected chi connectivity index (χ2v) is 4.16. The van der Waals surface area contributed by atoms with E-state index in [4.69, 9.17) is 5.73 Å². The molecule has 1 aliphatic rings. The van der Waals surface area contributed by atoms with Gasteiger partial charge in [0.15, 0.2) is 0 Å². The largest absolute Gasteiger partial charge is 0.485 e. The number of primary amides is 1. The Labute approximate surface area is 112 Å². The van der Waals surface area contributed by atoms with Crippen molar-refractivity contribution in [2.24, 2.45) is 5.73 Å². The zero-order valence-corrected chi connectivity index (χ0v) is 10.1. The smallest absolute Gasteiger partial charge is 0.366 e. The zero-order chi connectivity index (χ0) is 14.9. The maximum absolute atomic E-state index is 13.0. The first kappa shape index (κ1) is 14.1. The predicted octanol–water partition coefficient (Wildman–Crippen LogP) is 2.63. The molecule has 0 saturated heterocycles. The van der Waals surface area contributed by atoms with Crippen LogP contribution in [0.2, 0.25) is 0 Å². The monoisotopic (exact) mass is 286 g/mol. The fraction of sp³-hybridized carbons (Fsp3) is 0.154. The lowest BCUT2D eigenvalue weighted by Gasteiger charge is -2.34. The number of hydrogen-bond donors (Lipinski definition) is 1. The van der Waals surface area contributed by atoms with Crippen molar-refractivity contribution in [1.82, 2.24) is 4.90 Å². The molecule has 1 unspecified atom stereocenters. The van der Waals surface area contributed by atoms with Gasteiger partial charge in [0.2, 0.25) is 5.91 Å². The molecule has 0 radical (unpaired) electrons. The molecule has 0 aromatic heterocycles. The standard InChI is InChI=1S/C13H10F4N2O/c14-9-5-3-8(4-6-9)11-10(12(18)20)2-1-7-19(11)13(15,16)17/h1-7,11H,(H2,18,20). The third-order valence-electron chi connectivity index (χ3n) is 2.86. The van der Waals surface area contributed by atoms with Gasteiger partial charge < -0.3 is 5.73 Å². The lowest BCUT2D eigenvalue weighted by atomic mass is 9.94. The van der Waals surface area contributed by atoms with Crippen LogP contribution in [0.25, 0.3) is 0 Å². The first-order valence-electron chi connectivity index (χ1n) is 5.59. The van der Waals surface area contributed by atoms with Crippen molar-refractivity contribution >= 4 is 5.91 Å². The summed E-state index contributed by atoms with van der Waals surface area (Å²) in [4.78, 5) is 11.4. The van der Waals surface area contributed by atoms with Gasteiger partial charge in [-0.1, -0.05) is 12.1 Å². The number of carbonyl (C=O) groups excluding carboxylic acids is 1. The molecule has 2 N–H and O–H groups in total. The van der Waals surface area contributed by atoms with Gasteiger partial charge in [0, 0.05) is 11.8 Å². The molecule has 0 bridgehead atoms. The van der Waals surface area contributed by atoms with Crippen LogP contribution >= 0.6 is 0 Å². The van der Waals surface area contributed by atoms with E-state index in [1.165, 1.54) is 18.2 Å². The van der Waals surface area contributed by atoms with Crippen molar-refractivity contribution in [1.29, 1.82) is 0 Å². The zero-order valence-electron chi connectivity index (χ0n) is 10.1. The molecule has 1 atom stereocenters. The third kappa shape index (κ3) is 2.66. The van der Waals surface area contributed by atoms with Crippen molar-refractivity contribution in [2.45, 2.75) is 12.3 Å². The summed E-state index contributed by atoms with van der Waals surface area (Å²) in [5.41, 5.74) is 5.03. The maximum Gasteiger partial charge on any atom is 0.485 e. The van der Waals surface area contributed by atoms with Crippen molar-refractivity contribution in [3.8, 4) is 0 Å². The van der Waals surface area contributed by atoms with E-state index in [0.717, 1.165) is 24.4 Å². The highest BCUT2D eigenvalue weighted by atomic mass is 19.4. The van der Waals surface area contributed by atoms with Gasteiger partial charge in [-0.2, -0.15) is 13.2 Å². The van der Waals surface area contributed by atoms with Crippen LogP contribution in [0.1, 0.15) is 11.6 Å².